The number of para-hydroxylation sites is 1. The van der Waals surface area contributed by atoms with Crippen molar-refractivity contribution in [3.8, 4) is 0 Å². The summed E-state index contributed by atoms with van der Waals surface area (Å²) >= 11 is 0. The highest BCUT2D eigenvalue weighted by Gasteiger charge is 2.18. The Hall–Kier alpha value is -1.39. The van der Waals surface area contributed by atoms with Crippen molar-refractivity contribution in [2.75, 3.05) is 13.1 Å². The SMILES string of the molecule is Cl.O=c1[nH]c2c(F)cccc2cc1C1CCNCC1. The van der Waals surface area contributed by atoms with Crippen LogP contribution in [0, 0.1) is 5.82 Å². The number of hydrogen-bond donors (Lipinski definition) is 2. The summed E-state index contributed by atoms with van der Waals surface area (Å²) in [5.74, 6) is -0.0934. The fraction of sp³-hybridized carbons (Fsp3) is 0.357. The highest BCUT2D eigenvalue weighted by Crippen LogP contribution is 2.24. The Morgan fingerprint density at radius 1 is 1.21 bits per heavy atom. The van der Waals surface area contributed by atoms with Crippen molar-refractivity contribution in [3.63, 3.8) is 0 Å². The number of nitrogens with one attached hydrogen (secondary N) is 2. The van der Waals surface area contributed by atoms with Gasteiger partial charge in [0.05, 0.1) is 5.52 Å². The molecule has 1 aromatic carbocycles. The minimum atomic E-state index is -0.374. The molecule has 102 valence electrons. The van der Waals surface area contributed by atoms with Gasteiger partial charge in [-0.05, 0) is 44.0 Å². The first-order chi connectivity index (χ1) is 8.75. The van der Waals surface area contributed by atoms with E-state index < -0.39 is 0 Å². The number of rotatable bonds is 1. The van der Waals surface area contributed by atoms with Crippen LogP contribution in [-0.4, -0.2) is 18.1 Å². The number of pyridine rings is 1. The largest absolute Gasteiger partial charge is 0.319 e. The Morgan fingerprint density at radius 3 is 2.68 bits per heavy atom. The van der Waals surface area contributed by atoms with E-state index in [0.717, 1.165) is 36.9 Å². The lowest BCUT2D eigenvalue weighted by atomic mass is 9.90. The van der Waals surface area contributed by atoms with Crippen molar-refractivity contribution in [2.45, 2.75) is 18.8 Å². The second-order valence-electron chi connectivity index (χ2n) is 4.78. The number of piperidine rings is 1. The summed E-state index contributed by atoms with van der Waals surface area (Å²) in [6.07, 6.45) is 1.92. The molecule has 3 nitrogen and oxygen atoms in total. The van der Waals surface area contributed by atoms with E-state index in [0.29, 0.717) is 5.52 Å². The lowest BCUT2D eigenvalue weighted by Gasteiger charge is -2.22. The Labute approximate surface area is 116 Å². The van der Waals surface area contributed by atoms with Crippen molar-refractivity contribution < 1.29 is 4.39 Å². The number of H-pyrrole nitrogens is 1. The molecule has 19 heavy (non-hydrogen) atoms. The van der Waals surface area contributed by atoms with Gasteiger partial charge in [0, 0.05) is 10.9 Å². The Bertz CT molecular complexity index is 635. The van der Waals surface area contributed by atoms with E-state index in [2.05, 4.69) is 10.3 Å². The van der Waals surface area contributed by atoms with E-state index in [4.69, 9.17) is 0 Å². The molecule has 1 aliphatic rings. The Kier molecular flexibility index (Phi) is 4.22. The summed E-state index contributed by atoms with van der Waals surface area (Å²) in [4.78, 5) is 14.7. The standard InChI is InChI=1S/C14H15FN2O.ClH/c15-12-3-1-2-10-8-11(14(18)17-13(10)12)9-4-6-16-7-5-9;/h1-3,8-9,16H,4-7H2,(H,17,18);1H. The van der Waals surface area contributed by atoms with Crippen LogP contribution >= 0.6 is 12.4 Å². The molecule has 1 saturated heterocycles. The van der Waals surface area contributed by atoms with Gasteiger partial charge in [-0.1, -0.05) is 12.1 Å². The zero-order chi connectivity index (χ0) is 12.5. The van der Waals surface area contributed by atoms with Crippen molar-refractivity contribution >= 4 is 23.3 Å². The second-order valence-corrected chi connectivity index (χ2v) is 4.78. The van der Waals surface area contributed by atoms with Crippen molar-refractivity contribution in [1.82, 2.24) is 10.3 Å². The maximum absolute atomic E-state index is 13.6. The summed E-state index contributed by atoms with van der Waals surface area (Å²) in [5, 5.41) is 4.04. The first-order valence-corrected chi connectivity index (χ1v) is 6.28. The zero-order valence-corrected chi connectivity index (χ0v) is 11.2. The monoisotopic (exact) mass is 282 g/mol. The molecular formula is C14H16ClFN2O. The topological polar surface area (TPSA) is 44.9 Å². The lowest BCUT2D eigenvalue weighted by Crippen LogP contribution is -2.29. The van der Waals surface area contributed by atoms with Crippen LogP contribution in [0.1, 0.15) is 24.3 Å². The predicted octanol–water partition coefficient (Wildman–Crippen LogP) is 2.56. The third kappa shape index (κ3) is 2.65. The first kappa shape index (κ1) is 14.0. The van der Waals surface area contributed by atoms with E-state index in [1.807, 2.05) is 12.1 Å². The summed E-state index contributed by atoms with van der Waals surface area (Å²) < 4.78 is 13.6. The van der Waals surface area contributed by atoms with Crippen LogP contribution in [-0.2, 0) is 0 Å². The second kappa shape index (κ2) is 5.72. The number of aromatic amines is 1. The average molecular weight is 283 g/mol. The third-order valence-corrected chi connectivity index (χ3v) is 3.64. The molecule has 0 radical (unpaired) electrons. The first-order valence-electron chi connectivity index (χ1n) is 6.28. The molecule has 0 spiro atoms. The molecule has 1 aromatic heterocycles. The van der Waals surface area contributed by atoms with Gasteiger partial charge in [0.25, 0.3) is 5.56 Å². The molecule has 3 rings (SSSR count). The van der Waals surface area contributed by atoms with E-state index >= 15 is 0 Å². The minimum absolute atomic E-state index is 0. The maximum atomic E-state index is 13.6. The Balaban J connectivity index is 0.00000133. The zero-order valence-electron chi connectivity index (χ0n) is 10.4. The van der Waals surface area contributed by atoms with E-state index in [-0.39, 0.29) is 29.7 Å². The average Bonchev–Trinajstić information content (AvgIpc) is 2.40. The molecule has 0 bridgehead atoms. The van der Waals surface area contributed by atoms with Gasteiger partial charge in [-0.2, -0.15) is 0 Å². The molecule has 0 aliphatic carbocycles. The number of fused-ring (bicyclic) bond motifs is 1. The van der Waals surface area contributed by atoms with E-state index in [1.165, 1.54) is 6.07 Å². The smallest absolute Gasteiger partial charge is 0.251 e. The highest BCUT2D eigenvalue weighted by atomic mass is 35.5. The van der Waals surface area contributed by atoms with Gasteiger partial charge >= 0.3 is 0 Å². The third-order valence-electron chi connectivity index (χ3n) is 3.64. The van der Waals surface area contributed by atoms with E-state index in [1.54, 1.807) is 6.07 Å². The fourth-order valence-corrected chi connectivity index (χ4v) is 2.65. The molecule has 5 heteroatoms. The molecule has 1 aliphatic heterocycles. The van der Waals surface area contributed by atoms with Crippen LogP contribution in [0.25, 0.3) is 10.9 Å². The normalized spacial score (nSPS) is 16.3. The Morgan fingerprint density at radius 2 is 1.95 bits per heavy atom. The molecule has 0 unspecified atom stereocenters. The van der Waals surface area contributed by atoms with E-state index in [9.17, 15) is 9.18 Å². The molecule has 2 aromatic rings. The quantitative estimate of drug-likeness (QED) is 0.844. The number of aromatic nitrogens is 1. The molecule has 0 saturated carbocycles. The molecular weight excluding hydrogens is 267 g/mol. The highest BCUT2D eigenvalue weighted by molar-refractivity contribution is 5.85. The van der Waals surface area contributed by atoms with Crippen molar-refractivity contribution in [3.05, 3.63) is 46.0 Å². The van der Waals surface area contributed by atoms with Crippen LogP contribution < -0.4 is 10.9 Å². The summed E-state index contributed by atoms with van der Waals surface area (Å²) in [6, 6.07) is 6.71. The van der Waals surface area contributed by atoms with Crippen LogP contribution in [0.15, 0.2) is 29.1 Å². The maximum Gasteiger partial charge on any atom is 0.251 e. The van der Waals surface area contributed by atoms with Gasteiger partial charge in [0.1, 0.15) is 5.82 Å². The predicted molar refractivity (Wildman–Crippen MR) is 76.6 cm³/mol. The van der Waals surface area contributed by atoms with Gasteiger partial charge in [0.15, 0.2) is 0 Å². The summed E-state index contributed by atoms with van der Waals surface area (Å²) in [7, 11) is 0. The van der Waals surface area contributed by atoms with Gasteiger partial charge in [-0.3, -0.25) is 4.79 Å². The number of halogens is 2. The minimum Gasteiger partial charge on any atom is -0.319 e. The van der Waals surface area contributed by atoms with Gasteiger partial charge in [-0.15, -0.1) is 12.4 Å². The number of benzene rings is 1. The molecule has 0 atom stereocenters. The van der Waals surface area contributed by atoms with Crippen molar-refractivity contribution in [2.24, 2.45) is 0 Å². The fourth-order valence-electron chi connectivity index (χ4n) is 2.65. The summed E-state index contributed by atoms with van der Waals surface area (Å²) in [5.41, 5.74) is 0.939. The summed E-state index contributed by atoms with van der Waals surface area (Å²) in [6.45, 7) is 1.87. The van der Waals surface area contributed by atoms with Crippen molar-refractivity contribution in [1.29, 1.82) is 0 Å². The molecule has 0 amide bonds. The van der Waals surface area contributed by atoms with Crippen LogP contribution in [0.2, 0.25) is 0 Å². The van der Waals surface area contributed by atoms with Crippen LogP contribution in [0.3, 0.4) is 0 Å². The van der Waals surface area contributed by atoms with Gasteiger partial charge in [-0.25, -0.2) is 4.39 Å². The van der Waals surface area contributed by atoms with Crippen LogP contribution in [0.5, 0.6) is 0 Å². The lowest BCUT2D eigenvalue weighted by molar-refractivity contribution is 0.458. The number of hydrogen-bond acceptors (Lipinski definition) is 2. The molecule has 2 N–H and O–H groups in total. The van der Waals surface area contributed by atoms with Gasteiger partial charge < -0.3 is 10.3 Å². The van der Waals surface area contributed by atoms with Crippen LogP contribution in [0.4, 0.5) is 4.39 Å². The molecule has 1 fully saturated rings. The molecule has 2 heterocycles. The van der Waals surface area contributed by atoms with Gasteiger partial charge in [0.2, 0.25) is 0 Å².